The average molecular weight is 413 g/mol. The van der Waals surface area contributed by atoms with Crippen molar-refractivity contribution in [2.75, 3.05) is 26.7 Å². The Bertz CT molecular complexity index is 746. The molecule has 0 aliphatic carbocycles. The minimum atomic E-state index is 0.696. The van der Waals surface area contributed by atoms with Gasteiger partial charge in [0.25, 0.3) is 0 Å². The predicted molar refractivity (Wildman–Crippen MR) is 119 cm³/mol. The van der Waals surface area contributed by atoms with Crippen LogP contribution in [-0.4, -0.2) is 56.7 Å². The second kappa shape index (κ2) is 8.83. The molecule has 2 saturated heterocycles. The van der Waals surface area contributed by atoms with Crippen LogP contribution in [-0.2, 0) is 13.1 Å². The quantitative estimate of drug-likeness (QED) is 0.724. The first kappa shape index (κ1) is 19.1. The second-order valence-electron chi connectivity index (χ2n) is 6.99. The van der Waals surface area contributed by atoms with Crippen LogP contribution in [0.3, 0.4) is 0 Å². The first-order valence-electron chi connectivity index (χ1n) is 9.32. The zero-order chi connectivity index (χ0) is 19.3. The van der Waals surface area contributed by atoms with Crippen molar-refractivity contribution in [3.05, 3.63) is 71.8 Å². The maximum atomic E-state index is 5.59. The molecule has 4 rings (SSSR count). The minimum absolute atomic E-state index is 0.696. The molecule has 2 aliphatic rings. The van der Waals surface area contributed by atoms with Gasteiger partial charge in [-0.25, -0.2) is 10.0 Å². The van der Waals surface area contributed by atoms with Gasteiger partial charge in [0.15, 0.2) is 10.2 Å². The van der Waals surface area contributed by atoms with Crippen LogP contribution >= 0.6 is 24.4 Å². The third kappa shape index (κ3) is 4.59. The zero-order valence-corrected chi connectivity index (χ0v) is 17.3. The first-order chi connectivity index (χ1) is 13.7. The van der Waals surface area contributed by atoms with Gasteiger partial charge in [0, 0.05) is 13.1 Å². The molecule has 0 spiro atoms. The summed E-state index contributed by atoms with van der Waals surface area (Å²) in [5.41, 5.74) is 2.56. The maximum absolute atomic E-state index is 5.59. The lowest BCUT2D eigenvalue weighted by Crippen LogP contribution is -2.68. The molecular formula is C20H24N6S2. The van der Waals surface area contributed by atoms with Crippen LogP contribution in [0.15, 0.2) is 60.7 Å². The summed E-state index contributed by atoms with van der Waals surface area (Å²) >= 11 is 11.2. The Labute approximate surface area is 176 Å². The Balaban J connectivity index is 1.42. The summed E-state index contributed by atoms with van der Waals surface area (Å²) in [6, 6.07) is 20.9. The summed E-state index contributed by atoms with van der Waals surface area (Å²) in [4.78, 5) is 4.62. The largest absolute Gasteiger partial charge is 0.348 e. The summed E-state index contributed by atoms with van der Waals surface area (Å²) < 4.78 is 0. The van der Waals surface area contributed by atoms with Gasteiger partial charge < -0.3 is 10.6 Å². The Morgan fingerprint density at radius 2 is 1.04 bits per heavy atom. The predicted octanol–water partition coefficient (Wildman–Crippen LogP) is 2.12. The molecule has 2 aromatic rings. The van der Waals surface area contributed by atoms with E-state index in [-0.39, 0.29) is 0 Å². The molecule has 0 saturated carbocycles. The van der Waals surface area contributed by atoms with Crippen molar-refractivity contribution in [1.29, 1.82) is 0 Å². The fourth-order valence-corrected chi connectivity index (χ4v) is 3.86. The molecule has 2 aromatic carbocycles. The van der Waals surface area contributed by atoms with E-state index in [1.54, 1.807) is 0 Å². The molecule has 146 valence electrons. The summed E-state index contributed by atoms with van der Waals surface area (Å²) in [5.74, 6) is 0. The van der Waals surface area contributed by atoms with Crippen molar-refractivity contribution < 1.29 is 0 Å². The Morgan fingerprint density at radius 3 is 1.43 bits per heavy atom. The van der Waals surface area contributed by atoms with Gasteiger partial charge in [-0.1, -0.05) is 60.7 Å². The third-order valence-electron chi connectivity index (χ3n) is 4.83. The highest BCUT2D eigenvalue weighted by Crippen LogP contribution is 2.15. The molecule has 0 atom stereocenters. The molecule has 2 N–H and O–H groups in total. The van der Waals surface area contributed by atoms with Crippen molar-refractivity contribution >= 4 is 34.7 Å². The van der Waals surface area contributed by atoms with Gasteiger partial charge in [0.05, 0.1) is 26.7 Å². The highest BCUT2D eigenvalue weighted by atomic mass is 32.1. The van der Waals surface area contributed by atoms with E-state index in [4.69, 9.17) is 24.4 Å². The second-order valence-corrected chi connectivity index (χ2v) is 7.76. The molecule has 28 heavy (non-hydrogen) atoms. The number of hydrogen-bond donors (Lipinski definition) is 2. The molecule has 0 radical (unpaired) electrons. The SMILES string of the molecule is S=C1NCN(Cc2ccccc2)CN1N1CN(Cc2ccccc2)CNC1=S. The van der Waals surface area contributed by atoms with Crippen LogP contribution in [0.2, 0.25) is 0 Å². The van der Waals surface area contributed by atoms with E-state index in [0.29, 0.717) is 23.6 Å². The first-order valence-corrected chi connectivity index (χ1v) is 10.1. The number of nitrogens with zero attached hydrogens (tertiary/aromatic N) is 4. The standard InChI is InChI=1S/C20H24N6S2/c27-19-21-13-23(11-17-7-3-1-4-8-17)15-25(19)26-16-24(14-22-20(26)28)12-18-9-5-2-6-10-18/h1-10H,11-16H2,(H,21,27)(H,22,28). The number of thiocarbonyl (C=S) groups is 2. The van der Waals surface area contributed by atoms with Gasteiger partial charge >= 0.3 is 0 Å². The zero-order valence-electron chi connectivity index (χ0n) is 15.6. The van der Waals surface area contributed by atoms with Crippen molar-refractivity contribution in [1.82, 2.24) is 30.5 Å². The minimum Gasteiger partial charge on any atom is -0.348 e. The van der Waals surface area contributed by atoms with E-state index in [0.717, 1.165) is 26.4 Å². The Kier molecular flexibility index (Phi) is 6.01. The topological polar surface area (TPSA) is 37.0 Å². The molecule has 0 aromatic heterocycles. The molecule has 0 bridgehead atoms. The number of rotatable bonds is 5. The molecule has 2 fully saturated rings. The van der Waals surface area contributed by atoms with Crippen LogP contribution in [0.1, 0.15) is 11.1 Å². The van der Waals surface area contributed by atoms with E-state index in [9.17, 15) is 0 Å². The van der Waals surface area contributed by atoms with Crippen molar-refractivity contribution in [3.63, 3.8) is 0 Å². The maximum Gasteiger partial charge on any atom is 0.190 e. The van der Waals surface area contributed by atoms with Gasteiger partial charge in [-0.2, -0.15) is 0 Å². The van der Waals surface area contributed by atoms with Gasteiger partial charge in [-0.05, 0) is 35.6 Å². The third-order valence-corrected chi connectivity index (χ3v) is 5.54. The van der Waals surface area contributed by atoms with E-state index >= 15 is 0 Å². The average Bonchev–Trinajstić information content (AvgIpc) is 2.73. The molecule has 2 heterocycles. The Hall–Kier alpha value is -2.26. The molecule has 0 unspecified atom stereocenters. The summed E-state index contributed by atoms with van der Waals surface area (Å²) in [6.07, 6.45) is 0. The number of benzene rings is 2. The van der Waals surface area contributed by atoms with Crippen LogP contribution in [0, 0.1) is 0 Å². The summed E-state index contributed by atoms with van der Waals surface area (Å²) in [7, 11) is 0. The summed E-state index contributed by atoms with van der Waals surface area (Å²) in [6.45, 7) is 4.56. The van der Waals surface area contributed by atoms with E-state index < -0.39 is 0 Å². The monoisotopic (exact) mass is 412 g/mol. The Morgan fingerprint density at radius 1 is 0.643 bits per heavy atom. The van der Waals surface area contributed by atoms with Crippen molar-refractivity contribution in [3.8, 4) is 0 Å². The van der Waals surface area contributed by atoms with Gasteiger partial charge in [0.2, 0.25) is 0 Å². The van der Waals surface area contributed by atoms with Crippen LogP contribution in [0.5, 0.6) is 0 Å². The lowest BCUT2D eigenvalue weighted by molar-refractivity contribution is -0.0195. The van der Waals surface area contributed by atoms with Crippen LogP contribution in [0.25, 0.3) is 0 Å². The van der Waals surface area contributed by atoms with E-state index in [2.05, 4.69) is 69.0 Å². The molecule has 6 nitrogen and oxygen atoms in total. The molecular weight excluding hydrogens is 388 g/mol. The van der Waals surface area contributed by atoms with Gasteiger partial charge in [0.1, 0.15) is 0 Å². The molecule has 8 heteroatoms. The number of hydrogen-bond acceptors (Lipinski definition) is 4. The lowest BCUT2D eigenvalue weighted by Gasteiger charge is -2.48. The highest BCUT2D eigenvalue weighted by molar-refractivity contribution is 7.80. The lowest BCUT2D eigenvalue weighted by atomic mass is 10.2. The van der Waals surface area contributed by atoms with Crippen molar-refractivity contribution in [2.45, 2.75) is 13.1 Å². The van der Waals surface area contributed by atoms with Crippen LogP contribution in [0.4, 0.5) is 0 Å². The normalized spacial score (nSPS) is 18.7. The molecule has 0 amide bonds. The van der Waals surface area contributed by atoms with Crippen LogP contribution < -0.4 is 10.6 Å². The fourth-order valence-electron chi connectivity index (χ4n) is 3.42. The number of nitrogens with one attached hydrogen (secondary N) is 2. The fraction of sp³-hybridized carbons (Fsp3) is 0.300. The smallest absolute Gasteiger partial charge is 0.190 e. The van der Waals surface area contributed by atoms with Gasteiger partial charge in [-0.3, -0.25) is 9.80 Å². The van der Waals surface area contributed by atoms with Gasteiger partial charge in [-0.15, -0.1) is 0 Å². The molecule has 2 aliphatic heterocycles. The number of hydrazine groups is 1. The highest BCUT2D eigenvalue weighted by Gasteiger charge is 2.31. The van der Waals surface area contributed by atoms with Crippen molar-refractivity contribution in [2.24, 2.45) is 0 Å². The summed E-state index contributed by atoms with van der Waals surface area (Å²) in [5, 5.41) is 12.1. The van der Waals surface area contributed by atoms with E-state index in [1.165, 1.54) is 11.1 Å². The van der Waals surface area contributed by atoms with E-state index in [1.807, 2.05) is 22.2 Å².